The molecule has 0 aromatic carbocycles. The van der Waals surface area contributed by atoms with Gasteiger partial charge in [0.05, 0.1) is 6.10 Å². The monoisotopic (exact) mass is 253 g/mol. The Morgan fingerprint density at radius 1 is 1.47 bits per heavy atom. The van der Waals surface area contributed by atoms with Crippen LogP contribution in [0, 0.1) is 0 Å². The molecule has 94 valence electrons. The van der Waals surface area contributed by atoms with Gasteiger partial charge in [-0.1, -0.05) is 6.07 Å². The average Bonchev–Trinajstić information content (AvgIpc) is 3.02. The molecule has 2 rings (SSSR count). The van der Waals surface area contributed by atoms with Crippen molar-refractivity contribution in [3.8, 4) is 0 Å². The molecule has 1 aliphatic heterocycles. The molecule has 0 bridgehead atoms. The van der Waals surface area contributed by atoms with Gasteiger partial charge in [-0.3, -0.25) is 4.79 Å². The van der Waals surface area contributed by atoms with Crippen LogP contribution < -0.4 is 0 Å². The molecule has 1 fully saturated rings. The third-order valence-corrected chi connectivity index (χ3v) is 4.17. The number of carbonyl (C=O) groups is 1. The Kier molecular flexibility index (Phi) is 4.57. The first-order chi connectivity index (χ1) is 8.27. The van der Waals surface area contributed by atoms with E-state index in [0.29, 0.717) is 12.8 Å². The molecule has 0 radical (unpaired) electrons. The zero-order chi connectivity index (χ0) is 12.1. The number of nitrogens with zero attached hydrogens (tertiary/aromatic N) is 1. The van der Waals surface area contributed by atoms with Gasteiger partial charge in [0.15, 0.2) is 0 Å². The van der Waals surface area contributed by atoms with Gasteiger partial charge < -0.3 is 10.0 Å². The summed E-state index contributed by atoms with van der Waals surface area (Å²) in [6.07, 6.45) is 3.91. The summed E-state index contributed by atoms with van der Waals surface area (Å²) in [6.45, 7) is 1.85. The van der Waals surface area contributed by atoms with E-state index in [1.807, 2.05) is 22.4 Å². The Hall–Kier alpha value is -0.870. The van der Waals surface area contributed by atoms with Crippen LogP contribution in [0.5, 0.6) is 0 Å². The molecule has 1 aliphatic rings. The molecule has 0 saturated carbocycles. The molecule has 2 heterocycles. The summed E-state index contributed by atoms with van der Waals surface area (Å²) in [6, 6.07) is 3.89. The minimum Gasteiger partial charge on any atom is -0.388 e. The van der Waals surface area contributed by atoms with Gasteiger partial charge in [-0.2, -0.15) is 0 Å². The van der Waals surface area contributed by atoms with Gasteiger partial charge in [0.2, 0.25) is 5.91 Å². The van der Waals surface area contributed by atoms with Crippen LogP contribution in [0.3, 0.4) is 0 Å². The molecule has 1 amide bonds. The number of hydrogen-bond donors (Lipinski definition) is 1. The molecule has 1 aromatic rings. The highest BCUT2D eigenvalue weighted by atomic mass is 32.1. The molecule has 1 atom stereocenters. The van der Waals surface area contributed by atoms with Crippen LogP contribution >= 0.6 is 11.3 Å². The van der Waals surface area contributed by atoms with Crippen molar-refractivity contribution in [3.05, 3.63) is 22.4 Å². The largest absolute Gasteiger partial charge is 0.388 e. The van der Waals surface area contributed by atoms with E-state index in [1.54, 1.807) is 11.3 Å². The smallest absolute Gasteiger partial charge is 0.222 e. The second-order valence-corrected chi connectivity index (χ2v) is 5.49. The van der Waals surface area contributed by atoms with Gasteiger partial charge in [0, 0.05) is 24.4 Å². The molecular formula is C13H19NO2S. The Morgan fingerprint density at radius 3 is 2.88 bits per heavy atom. The van der Waals surface area contributed by atoms with E-state index in [9.17, 15) is 9.90 Å². The van der Waals surface area contributed by atoms with Crippen molar-refractivity contribution >= 4 is 17.2 Å². The molecule has 0 spiro atoms. The Labute approximate surface area is 106 Å². The van der Waals surface area contributed by atoms with Crippen molar-refractivity contribution in [1.29, 1.82) is 0 Å². The van der Waals surface area contributed by atoms with E-state index < -0.39 is 6.10 Å². The van der Waals surface area contributed by atoms with E-state index in [1.165, 1.54) is 0 Å². The third-order valence-electron chi connectivity index (χ3n) is 3.20. The van der Waals surface area contributed by atoms with Crippen molar-refractivity contribution in [2.45, 2.75) is 38.2 Å². The lowest BCUT2D eigenvalue weighted by Gasteiger charge is -2.15. The van der Waals surface area contributed by atoms with Crippen molar-refractivity contribution in [2.24, 2.45) is 0 Å². The first-order valence-electron chi connectivity index (χ1n) is 6.26. The minimum absolute atomic E-state index is 0.251. The highest BCUT2D eigenvalue weighted by molar-refractivity contribution is 7.10. The first kappa shape index (κ1) is 12.6. The fourth-order valence-corrected chi connectivity index (χ4v) is 2.94. The van der Waals surface area contributed by atoms with Gasteiger partial charge in [0.25, 0.3) is 0 Å². The number of likely N-dealkylation sites (tertiary alicyclic amines) is 1. The standard InChI is InChI=1S/C13H19NO2S/c15-11(12-6-4-10-17-12)5-3-7-13(16)14-8-1-2-9-14/h4,6,10-11,15H,1-3,5,7-9H2. The summed E-state index contributed by atoms with van der Waals surface area (Å²) in [5.74, 6) is 0.251. The van der Waals surface area contributed by atoms with Crippen LogP contribution in [-0.4, -0.2) is 29.0 Å². The molecule has 17 heavy (non-hydrogen) atoms. The normalized spacial score (nSPS) is 17.4. The molecule has 3 nitrogen and oxygen atoms in total. The highest BCUT2D eigenvalue weighted by Gasteiger charge is 2.17. The van der Waals surface area contributed by atoms with E-state index >= 15 is 0 Å². The number of thiophene rings is 1. The second kappa shape index (κ2) is 6.17. The van der Waals surface area contributed by atoms with E-state index in [4.69, 9.17) is 0 Å². The summed E-state index contributed by atoms with van der Waals surface area (Å²) in [5.41, 5.74) is 0. The first-order valence-corrected chi connectivity index (χ1v) is 7.14. The molecule has 1 aromatic heterocycles. The number of hydrogen-bond acceptors (Lipinski definition) is 3. The van der Waals surface area contributed by atoms with Crippen molar-refractivity contribution in [1.82, 2.24) is 4.90 Å². The van der Waals surface area contributed by atoms with Crippen molar-refractivity contribution < 1.29 is 9.90 Å². The van der Waals surface area contributed by atoms with Gasteiger partial charge in [-0.15, -0.1) is 11.3 Å². The van der Waals surface area contributed by atoms with Crippen LogP contribution in [-0.2, 0) is 4.79 Å². The topological polar surface area (TPSA) is 40.5 Å². The van der Waals surface area contributed by atoms with Crippen LogP contribution in [0.25, 0.3) is 0 Å². The molecule has 4 heteroatoms. The van der Waals surface area contributed by atoms with Gasteiger partial charge >= 0.3 is 0 Å². The van der Waals surface area contributed by atoms with Crippen LogP contribution in [0.4, 0.5) is 0 Å². The fraction of sp³-hybridized carbons (Fsp3) is 0.615. The molecule has 0 aliphatic carbocycles. The van der Waals surface area contributed by atoms with Crippen LogP contribution in [0.1, 0.15) is 43.1 Å². The maximum absolute atomic E-state index is 11.8. The van der Waals surface area contributed by atoms with Crippen molar-refractivity contribution in [2.75, 3.05) is 13.1 Å². The SMILES string of the molecule is O=C(CCCC(O)c1cccs1)N1CCCC1. The van der Waals surface area contributed by atoms with Gasteiger partial charge in [0.1, 0.15) is 0 Å². The quantitative estimate of drug-likeness (QED) is 0.876. The number of carbonyl (C=O) groups excluding carboxylic acids is 1. The summed E-state index contributed by atoms with van der Waals surface area (Å²) in [5, 5.41) is 11.8. The fourth-order valence-electron chi connectivity index (χ4n) is 2.19. The Morgan fingerprint density at radius 2 is 2.24 bits per heavy atom. The van der Waals surface area contributed by atoms with Crippen molar-refractivity contribution in [3.63, 3.8) is 0 Å². The third kappa shape index (κ3) is 3.54. The lowest BCUT2D eigenvalue weighted by molar-refractivity contribution is -0.130. The lowest BCUT2D eigenvalue weighted by Crippen LogP contribution is -2.27. The lowest BCUT2D eigenvalue weighted by atomic mass is 10.1. The van der Waals surface area contributed by atoms with Crippen LogP contribution in [0.15, 0.2) is 17.5 Å². The summed E-state index contributed by atoms with van der Waals surface area (Å²) < 4.78 is 0. The predicted molar refractivity (Wildman–Crippen MR) is 68.9 cm³/mol. The Balaban J connectivity index is 1.67. The van der Waals surface area contributed by atoms with Gasteiger partial charge in [-0.25, -0.2) is 0 Å². The van der Waals surface area contributed by atoms with E-state index in [0.717, 1.165) is 37.2 Å². The molecule has 1 unspecified atom stereocenters. The summed E-state index contributed by atoms with van der Waals surface area (Å²) >= 11 is 1.57. The Bertz CT molecular complexity index is 344. The summed E-state index contributed by atoms with van der Waals surface area (Å²) in [7, 11) is 0. The maximum atomic E-state index is 11.8. The minimum atomic E-state index is -0.402. The van der Waals surface area contributed by atoms with Crippen LogP contribution in [0.2, 0.25) is 0 Å². The van der Waals surface area contributed by atoms with E-state index in [-0.39, 0.29) is 5.91 Å². The zero-order valence-electron chi connectivity index (χ0n) is 9.97. The number of rotatable bonds is 5. The van der Waals surface area contributed by atoms with E-state index in [2.05, 4.69) is 0 Å². The summed E-state index contributed by atoms with van der Waals surface area (Å²) in [4.78, 5) is 14.7. The zero-order valence-corrected chi connectivity index (χ0v) is 10.8. The molecule has 1 N–H and O–H groups in total. The molecule has 1 saturated heterocycles. The highest BCUT2D eigenvalue weighted by Crippen LogP contribution is 2.23. The maximum Gasteiger partial charge on any atom is 0.222 e. The predicted octanol–water partition coefficient (Wildman–Crippen LogP) is 2.57. The van der Waals surface area contributed by atoms with Gasteiger partial charge in [-0.05, 0) is 37.1 Å². The second-order valence-electron chi connectivity index (χ2n) is 4.51. The number of amides is 1. The number of aliphatic hydroxyl groups excluding tert-OH is 1. The average molecular weight is 253 g/mol. The molecular weight excluding hydrogens is 234 g/mol. The number of aliphatic hydroxyl groups is 1.